The zero-order chi connectivity index (χ0) is 38.4. The standard InChI is InChI=1S/C48H40N2O6/c51-26-27-56-41-19-11-10-18-36(41)44-35-24-25-37-43(47(55)50(46(37)54)34-22-20-33(21-23-34)49-32-16-8-3-9-17-32)39(35)28-40-45(53)38(30-12-4-1-5-13-30)29-42(52)48(40,44)31-14-6-2-7-15-31/h1-24,29,37,39-40,43-44,49,51H,25-28H2. The number of anilines is 3. The second-order valence-electron chi connectivity index (χ2n) is 14.9. The van der Waals surface area contributed by atoms with E-state index in [-0.39, 0.29) is 43.0 Å². The maximum Gasteiger partial charge on any atom is 0.238 e. The first-order valence-corrected chi connectivity index (χ1v) is 19.2. The first kappa shape index (κ1) is 35.3. The molecule has 1 heterocycles. The van der Waals surface area contributed by atoms with E-state index < -0.39 is 35.0 Å². The lowest BCUT2D eigenvalue weighted by atomic mass is 9.44. The summed E-state index contributed by atoms with van der Waals surface area (Å²) in [5, 5.41) is 13.1. The van der Waals surface area contributed by atoms with Crippen LogP contribution in [0.1, 0.15) is 35.4 Å². The molecule has 56 heavy (non-hydrogen) atoms. The zero-order valence-corrected chi connectivity index (χ0v) is 30.6. The average Bonchev–Trinajstić information content (AvgIpc) is 3.50. The molecule has 0 bridgehead atoms. The highest BCUT2D eigenvalue weighted by atomic mass is 16.5. The minimum absolute atomic E-state index is 0.0330. The Kier molecular flexibility index (Phi) is 9.06. The van der Waals surface area contributed by atoms with Crippen molar-refractivity contribution in [2.45, 2.75) is 24.2 Å². The largest absolute Gasteiger partial charge is 0.491 e. The number of rotatable bonds is 9. The summed E-state index contributed by atoms with van der Waals surface area (Å²) >= 11 is 0. The van der Waals surface area contributed by atoms with Crippen LogP contribution < -0.4 is 15.0 Å². The Labute approximate surface area is 325 Å². The number of amides is 2. The molecule has 8 nitrogen and oxygen atoms in total. The van der Waals surface area contributed by atoms with Crippen molar-refractivity contribution >= 4 is 46.0 Å². The van der Waals surface area contributed by atoms with Crippen LogP contribution in [0.3, 0.4) is 0 Å². The molecule has 0 radical (unpaired) electrons. The Morgan fingerprint density at radius 1 is 0.714 bits per heavy atom. The fourth-order valence-electron chi connectivity index (χ4n) is 9.86. The van der Waals surface area contributed by atoms with E-state index in [9.17, 15) is 14.7 Å². The first-order chi connectivity index (χ1) is 27.4. The number of imide groups is 1. The van der Waals surface area contributed by atoms with Gasteiger partial charge in [0.25, 0.3) is 0 Å². The summed E-state index contributed by atoms with van der Waals surface area (Å²) < 4.78 is 6.16. The SMILES string of the molecule is O=C1C(c2ccccc2)=CC(=O)C2(c3ccccc3)C1CC1C(=CCC3C(=O)N(c4ccc(Nc5ccccc5)cc4)C(=O)C31)C2c1ccccc1OCCO. The number of ketones is 2. The van der Waals surface area contributed by atoms with E-state index in [1.165, 1.54) is 11.0 Å². The van der Waals surface area contributed by atoms with E-state index >= 15 is 9.59 Å². The van der Waals surface area contributed by atoms with Gasteiger partial charge in [-0.3, -0.25) is 24.1 Å². The molecule has 2 N–H and O–H groups in total. The highest BCUT2D eigenvalue weighted by Crippen LogP contribution is 2.64. The van der Waals surface area contributed by atoms with E-state index in [4.69, 9.17) is 4.74 Å². The number of aliphatic hydroxyl groups is 1. The molecule has 278 valence electrons. The lowest BCUT2D eigenvalue weighted by Crippen LogP contribution is -2.58. The number of para-hydroxylation sites is 2. The Bertz CT molecular complexity index is 2390. The number of carbonyl (C=O) groups is 4. The summed E-state index contributed by atoms with van der Waals surface area (Å²) in [6.07, 6.45) is 4.08. The third kappa shape index (κ3) is 5.63. The van der Waals surface area contributed by atoms with Crippen molar-refractivity contribution in [1.29, 1.82) is 0 Å². The molecule has 3 aliphatic carbocycles. The van der Waals surface area contributed by atoms with Crippen molar-refractivity contribution in [2.75, 3.05) is 23.4 Å². The van der Waals surface area contributed by atoms with E-state index in [1.807, 2.05) is 127 Å². The summed E-state index contributed by atoms with van der Waals surface area (Å²) in [6, 6.07) is 43.2. The van der Waals surface area contributed by atoms with Crippen molar-refractivity contribution in [3.05, 3.63) is 174 Å². The lowest BCUT2D eigenvalue weighted by Gasteiger charge is -2.55. The molecule has 4 aliphatic rings. The number of nitrogens with zero attached hydrogens (tertiary/aromatic N) is 1. The summed E-state index contributed by atoms with van der Waals surface area (Å²) in [4.78, 5) is 61.0. The van der Waals surface area contributed by atoms with Crippen molar-refractivity contribution in [3.63, 3.8) is 0 Å². The number of hydrogen-bond acceptors (Lipinski definition) is 7. The van der Waals surface area contributed by atoms with Gasteiger partial charge in [0.15, 0.2) is 11.6 Å². The van der Waals surface area contributed by atoms with Crippen LogP contribution in [-0.4, -0.2) is 41.7 Å². The number of fused-ring (bicyclic) bond motifs is 4. The minimum Gasteiger partial charge on any atom is -0.491 e. The van der Waals surface area contributed by atoms with Crippen LogP contribution in [0, 0.1) is 23.7 Å². The number of allylic oxidation sites excluding steroid dienone is 4. The molecule has 9 rings (SSSR count). The highest BCUT2D eigenvalue weighted by molar-refractivity contribution is 6.32. The smallest absolute Gasteiger partial charge is 0.238 e. The number of Topliss-reactive ketones (excluding diaryl/α,β-unsaturated/α-hetero) is 1. The number of aliphatic hydroxyl groups excluding tert-OH is 1. The molecular weight excluding hydrogens is 701 g/mol. The van der Waals surface area contributed by atoms with Gasteiger partial charge >= 0.3 is 0 Å². The Morgan fingerprint density at radius 3 is 2.07 bits per heavy atom. The monoisotopic (exact) mass is 740 g/mol. The predicted octanol–water partition coefficient (Wildman–Crippen LogP) is 7.83. The van der Waals surface area contributed by atoms with Gasteiger partial charge in [-0.15, -0.1) is 0 Å². The molecule has 1 aliphatic heterocycles. The van der Waals surface area contributed by atoms with E-state index in [2.05, 4.69) is 11.4 Å². The fourth-order valence-corrected chi connectivity index (χ4v) is 9.86. The number of benzene rings is 5. The normalized spacial score (nSPS) is 25.4. The molecule has 0 spiro atoms. The molecule has 5 aromatic carbocycles. The summed E-state index contributed by atoms with van der Waals surface area (Å²) in [5.74, 6) is -3.90. The Morgan fingerprint density at radius 2 is 1.36 bits per heavy atom. The van der Waals surface area contributed by atoms with E-state index in [0.717, 1.165) is 16.9 Å². The second-order valence-corrected chi connectivity index (χ2v) is 14.9. The minimum atomic E-state index is -1.38. The molecule has 2 fully saturated rings. The van der Waals surface area contributed by atoms with Crippen LogP contribution in [0.15, 0.2) is 157 Å². The van der Waals surface area contributed by atoms with Gasteiger partial charge in [0, 0.05) is 34.3 Å². The molecular formula is C48H40N2O6. The predicted molar refractivity (Wildman–Crippen MR) is 214 cm³/mol. The Balaban J connectivity index is 1.18. The number of carbonyl (C=O) groups excluding carboxylic acids is 4. The van der Waals surface area contributed by atoms with E-state index in [0.29, 0.717) is 40.1 Å². The summed E-state index contributed by atoms with van der Waals surface area (Å²) in [5.41, 5.74) is 4.09. The molecule has 1 saturated heterocycles. The van der Waals surface area contributed by atoms with E-state index in [1.54, 1.807) is 12.1 Å². The maximum atomic E-state index is 15.3. The van der Waals surface area contributed by atoms with Crippen molar-refractivity contribution < 1.29 is 29.0 Å². The van der Waals surface area contributed by atoms with Crippen LogP contribution in [0.4, 0.5) is 17.1 Å². The number of ether oxygens (including phenoxy) is 1. The van der Waals surface area contributed by atoms with Crippen molar-refractivity contribution in [1.82, 2.24) is 0 Å². The van der Waals surface area contributed by atoms with Gasteiger partial charge in [-0.2, -0.15) is 0 Å². The van der Waals surface area contributed by atoms with Gasteiger partial charge in [0.1, 0.15) is 12.4 Å². The number of nitrogens with one attached hydrogen (secondary N) is 1. The zero-order valence-electron chi connectivity index (χ0n) is 30.6. The second kappa shape index (κ2) is 14.4. The third-order valence-corrected chi connectivity index (χ3v) is 12.1. The van der Waals surface area contributed by atoms with Gasteiger partial charge < -0.3 is 15.2 Å². The van der Waals surface area contributed by atoms with Crippen LogP contribution in [0.2, 0.25) is 0 Å². The van der Waals surface area contributed by atoms with Gasteiger partial charge in [-0.25, -0.2) is 0 Å². The fraction of sp³-hybridized carbons (Fsp3) is 0.208. The number of hydrogen-bond donors (Lipinski definition) is 2. The van der Waals surface area contributed by atoms with Crippen molar-refractivity contribution in [3.8, 4) is 5.75 Å². The molecule has 8 heteroatoms. The van der Waals surface area contributed by atoms with Gasteiger partial charge in [0.05, 0.1) is 29.5 Å². The first-order valence-electron chi connectivity index (χ1n) is 19.2. The molecule has 2 amide bonds. The lowest BCUT2D eigenvalue weighted by molar-refractivity contribution is -0.135. The summed E-state index contributed by atoms with van der Waals surface area (Å²) in [6.45, 7) is -0.178. The summed E-state index contributed by atoms with van der Waals surface area (Å²) in [7, 11) is 0. The molecule has 6 atom stereocenters. The maximum absolute atomic E-state index is 15.3. The van der Waals surface area contributed by atoms with Crippen LogP contribution in [-0.2, 0) is 24.6 Å². The molecule has 0 aromatic heterocycles. The topological polar surface area (TPSA) is 113 Å². The highest BCUT2D eigenvalue weighted by Gasteiger charge is 2.66. The van der Waals surface area contributed by atoms with Crippen LogP contribution in [0.5, 0.6) is 5.75 Å². The quantitative estimate of drug-likeness (QED) is 0.117. The van der Waals surface area contributed by atoms with Crippen molar-refractivity contribution in [2.24, 2.45) is 23.7 Å². The van der Waals surface area contributed by atoms with Gasteiger partial charge in [-0.05, 0) is 78.4 Å². The molecule has 1 saturated carbocycles. The van der Waals surface area contributed by atoms with Gasteiger partial charge in [0.2, 0.25) is 11.8 Å². The van der Waals surface area contributed by atoms with Crippen LogP contribution >= 0.6 is 0 Å². The molecule has 6 unspecified atom stereocenters. The molecule has 5 aromatic rings. The van der Waals surface area contributed by atoms with Crippen LogP contribution in [0.25, 0.3) is 5.57 Å². The third-order valence-electron chi connectivity index (χ3n) is 12.1. The van der Waals surface area contributed by atoms with Gasteiger partial charge in [-0.1, -0.05) is 109 Å². The Hall–Kier alpha value is -6.38. The average molecular weight is 741 g/mol.